The number of aromatic nitrogens is 5. The zero-order valence-electron chi connectivity index (χ0n) is 23.0. The van der Waals surface area contributed by atoms with Crippen LogP contribution >= 0.6 is 0 Å². The molecule has 0 aliphatic rings. The zero-order valence-corrected chi connectivity index (χ0v) is 23.0. The largest absolute Gasteiger partial charge is 0.307 e. The molecule has 0 saturated carbocycles. The minimum Gasteiger partial charge on any atom is -0.307 e. The van der Waals surface area contributed by atoms with Gasteiger partial charge in [-0.3, -0.25) is 15.4 Å². The molecule has 7 nitrogen and oxygen atoms in total. The first kappa shape index (κ1) is 24.7. The lowest BCUT2D eigenvalue weighted by molar-refractivity contribution is 1.03. The van der Waals surface area contributed by atoms with E-state index in [0.717, 1.165) is 66.4 Å². The quantitative estimate of drug-likeness (QED) is 0.206. The number of hydrogen-bond acceptors (Lipinski definition) is 5. The Morgan fingerprint density at radius 2 is 1.40 bits per heavy atom. The van der Waals surface area contributed by atoms with Crippen molar-refractivity contribution < 1.29 is 0 Å². The molecule has 5 heterocycles. The Labute approximate surface area is 246 Å². The lowest BCUT2D eigenvalue weighted by Gasteiger charge is -2.15. The maximum Gasteiger partial charge on any atom is 0.163 e. The second-order valence-electron chi connectivity index (χ2n) is 10.3. The van der Waals surface area contributed by atoms with E-state index < -0.39 is 0 Å². The summed E-state index contributed by atoms with van der Waals surface area (Å²) in [6.45, 7) is 0. The summed E-state index contributed by atoms with van der Waals surface area (Å²) in [6.07, 6.45) is 9.30. The number of hydrogen-bond donors (Lipinski definition) is 2. The van der Waals surface area contributed by atoms with E-state index in [9.17, 15) is 0 Å². The minimum absolute atomic E-state index is 0.401. The molecule has 0 spiro atoms. The first-order chi connectivity index (χ1) is 21.3. The molecule has 0 amide bonds. The fourth-order valence-corrected chi connectivity index (χ4v) is 5.84. The van der Waals surface area contributed by atoms with Crippen LogP contribution in [0.3, 0.4) is 0 Å². The molecule has 0 aliphatic heterocycles. The number of rotatable bonds is 6. The molecule has 204 valence electrons. The Hall–Kier alpha value is -6.08. The highest BCUT2D eigenvalue weighted by atomic mass is 15.4. The van der Waals surface area contributed by atoms with Crippen LogP contribution < -0.4 is 5.43 Å². The van der Waals surface area contributed by atoms with Gasteiger partial charge in [-0.15, -0.1) is 0 Å². The molecular weight excluding hydrogens is 530 g/mol. The fraction of sp³-hybridized carbons (Fsp3) is 0. The molecule has 2 N–H and O–H groups in total. The first-order valence-corrected chi connectivity index (χ1v) is 14.0. The summed E-state index contributed by atoms with van der Waals surface area (Å²) in [7, 11) is 0. The van der Waals surface area contributed by atoms with Crippen LogP contribution in [-0.2, 0) is 0 Å². The van der Waals surface area contributed by atoms with Crippen molar-refractivity contribution in [2.45, 2.75) is 0 Å². The Balaban J connectivity index is 1.42. The van der Waals surface area contributed by atoms with E-state index in [-0.39, 0.29) is 0 Å². The average molecular weight is 556 g/mol. The molecule has 8 aromatic rings. The molecule has 0 saturated heterocycles. The molecule has 0 bridgehead atoms. The van der Waals surface area contributed by atoms with E-state index in [1.807, 2.05) is 108 Å². The monoisotopic (exact) mass is 555 g/mol. The lowest BCUT2D eigenvalue weighted by atomic mass is 10.1. The summed E-state index contributed by atoms with van der Waals surface area (Å²) in [4.78, 5) is 14.4. The number of para-hydroxylation sites is 1. The third-order valence-electron chi connectivity index (χ3n) is 7.76. The van der Waals surface area contributed by atoms with Gasteiger partial charge in [0.25, 0.3) is 0 Å². The molecule has 3 aromatic carbocycles. The second-order valence-corrected chi connectivity index (χ2v) is 10.3. The number of benzene rings is 3. The van der Waals surface area contributed by atoms with Crippen LogP contribution in [0.5, 0.6) is 0 Å². The molecule has 43 heavy (non-hydrogen) atoms. The van der Waals surface area contributed by atoms with Crippen molar-refractivity contribution in [1.82, 2.24) is 24.2 Å². The van der Waals surface area contributed by atoms with Gasteiger partial charge in [-0.05, 0) is 47.5 Å². The van der Waals surface area contributed by atoms with Crippen LogP contribution in [0.1, 0.15) is 11.1 Å². The Morgan fingerprint density at radius 3 is 2.19 bits per heavy atom. The van der Waals surface area contributed by atoms with Crippen LogP contribution in [0.4, 0.5) is 0 Å². The van der Waals surface area contributed by atoms with Gasteiger partial charge in [0, 0.05) is 29.4 Å². The van der Waals surface area contributed by atoms with E-state index in [1.54, 1.807) is 6.20 Å². The normalized spacial score (nSPS) is 12.0. The summed E-state index contributed by atoms with van der Waals surface area (Å²) in [5, 5.41) is 12.0. The summed E-state index contributed by atoms with van der Waals surface area (Å²) in [6, 6.07) is 36.2. The highest BCUT2D eigenvalue weighted by molar-refractivity contribution is 6.24. The molecule has 0 atom stereocenters. The second kappa shape index (κ2) is 10.1. The standard InChI is InChI=1S/C36H25N7/c37-29(24-11-3-1-4-12-24)21-30(25-13-5-2-6-14-25)41-43-32-18-10-20-39-34(32)33-35-28(23-40-36(33)43)27-16-7-8-17-31(27)42(35)26-15-9-19-38-22-26/h1-23,37,41H/b30-21-,37-29?. The van der Waals surface area contributed by atoms with E-state index in [1.165, 1.54) is 0 Å². The Morgan fingerprint density at radius 1 is 0.674 bits per heavy atom. The van der Waals surface area contributed by atoms with Crippen molar-refractivity contribution in [2.75, 3.05) is 5.43 Å². The molecule has 0 aliphatic carbocycles. The predicted molar refractivity (Wildman–Crippen MR) is 174 cm³/mol. The molecule has 7 heteroatoms. The van der Waals surface area contributed by atoms with Crippen LogP contribution in [0.2, 0.25) is 0 Å². The highest BCUT2D eigenvalue weighted by Gasteiger charge is 2.22. The highest BCUT2D eigenvalue weighted by Crippen LogP contribution is 2.39. The van der Waals surface area contributed by atoms with Crippen molar-refractivity contribution in [1.29, 1.82) is 5.41 Å². The van der Waals surface area contributed by atoms with Gasteiger partial charge in [-0.25, -0.2) is 9.66 Å². The number of fused-ring (bicyclic) bond motifs is 7. The molecular formula is C36H25N7. The molecule has 0 radical (unpaired) electrons. The third kappa shape index (κ3) is 4.06. The average Bonchev–Trinajstić information content (AvgIpc) is 3.58. The minimum atomic E-state index is 0.401. The van der Waals surface area contributed by atoms with Gasteiger partial charge in [0.2, 0.25) is 0 Å². The number of pyridine rings is 3. The first-order valence-electron chi connectivity index (χ1n) is 14.0. The Kier molecular flexibility index (Phi) is 5.79. The maximum atomic E-state index is 8.89. The van der Waals surface area contributed by atoms with Gasteiger partial charge < -0.3 is 9.98 Å². The lowest BCUT2D eigenvalue weighted by Crippen LogP contribution is -2.15. The van der Waals surface area contributed by atoms with Crippen molar-refractivity contribution in [3.8, 4) is 5.69 Å². The molecule has 0 fully saturated rings. The smallest absolute Gasteiger partial charge is 0.163 e. The third-order valence-corrected chi connectivity index (χ3v) is 7.76. The van der Waals surface area contributed by atoms with E-state index in [0.29, 0.717) is 5.71 Å². The molecule has 0 unspecified atom stereocenters. The van der Waals surface area contributed by atoms with Crippen LogP contribution in [0, 0.1) is 5.41 Å². The van der Waals surface area contributed by atoms with Crippen molar-refractivity contribution >= 4 is 55.3 Å². The zero-order chi connectivity index (χ0) is 28.8. The van der Waals surface area contributed by atoms with Gasteiger partial charge in [0.15, 0.2) is 5.65 Å². The number of nitrogens with one attached hydrogen (secondary N) is 2. The predicted octanol–water partition coefficient (Wildman–Crippen LogP) is 7.73. The summed E-state index contributed by atoms with van der Waals surface area (Å²) in [5.74, 6) is 0. The summed E-state index contributed by atoms with van der Waals surface area (Å²) in [5.41, 5.74) is 12.1. The van der Waals surface area contributed by atoms with Crippen LogP contribution in [0.15, 0.2) is 140 Å². The van der Waals surface area contributed by atoms with Gasteiger partial charge in [-0.2, -0.15) is 0 Å². The van der Waals surface area contributed by atoms with Crippen molar-refractivity contribution in [3.63, 3.8) is 0 Å². The van der Waals surface area contributed by atoms with Crippen LogP contribution in [0.25, 0.3) is 55.3 Å². The van der Waals surface area contributed by atoms with Gasteiger partial charge in [0.1, 0.15) is 5.52 Å². The van der Waals surface area contributed by atoms with Gasteiger partial charge in [-0.1, -0.05) is 78.9 Å². The van der Waals surface area contributed by atoms with E-state index >= 15 is 0 Å². The summed E-state index contributed by atoms with van der Waals surface area (Å²) < 4.78 is 4.23. The number of allylic oxidation sites excluding steroid dienone is 1. The molecule has 8 rings (SSSR count). The SMILES string of the molecule is N=C(/C=C(\Nn1c2cccnc2c2c1ncc1c3ccccc3n(-c3cccnc3)c12)c1ccccc1)c1ccccc1. The van der Waals surface area contributed by atoms with E-state index in [4.69, 9.17) is 15.4 Å². The topological polar surface area (TPSA) is 84.4 Å². The Bertz CT molecular complexity index is 2320. The fourth-order valence-electron chi connectivity index (χ4n) is 5.84. The maximum absolute atomic E-state index is 8.89. The van der Waals surface area contributed by atoms with E-state index in [2.05, 4.69) is 45.3 Å². The van der Waals surface area contributed by atoms with Gasteiger partial charge >= 0.3 is 0 Å². The van der Waals surface area contributed by atoms with Crippen molar-refractivity contribution in [2.24, 2.45) is 0 Å². The molecule has 5 aromatic heterocycles. The van der Waals surface area contributed by atoms with Crippen molar-refractivity contribution in [3.05, 3.63) is 151 Å². The number of nitrogens with zero attached hydrogens (tertiary/aromatic N) is 5. The van der Waals surface area contributed by atoms with Crippen LogP contribution in [-0.4, -0.2) is 29.9 Å². The van der Waals surface area contributed by atoms with Gasteiger partial charge in [0.05, 0.1) is 45.2 Å². The summed E-state index contributed by atoms with van der Waals surface area (Å²) >= 11 is 0.